The zero-order valence-electron chi connectivity index (χ0n) is 4.15. The van der Waals surface area contributed by atoms with Gasteiger partial charge >= 0.3 is 5.96 Å². The fourth-order valence-electron chi connectivity index (χ4n) is 0.217. The Morgan fingerprint density at radius 1 is 1.43 bits per heavy atom. The average molecular weight is 103 g/mol. The van der Waals surface area contributed by atoms with Crippen LogP contribution in [0.1, 0.15) is 0 Å². The third-order valence-corrected chi connectivity index (χ3v) is 0.473. The number of hydrogen-bond acceptors (Lipinski definition) is 1. The first-order chi connectivity index (χ1) is 3.27. The van der Waals surface area contributed by atoms with Gasteiger partial charge in [-0.15, -0.1) is 0 Å². The molecule has 42 valence electrons. The third-order valence-electron chi connectivity index (χ3n) is 0.473. The van der Waals surface area contributed by atoms with Crippen LogP contribution in [0.4, 0.5) is 0 Å². The molecule has 0 saturated heterocycles. The predicted octanol–water partition coefficient (Wildman–Crippen LogP) is -3.70. The van der Waals surface area contributed by atoms with Gasteiger partial charge in [0.2, 0.25) is 0 Å². The van der Waals surface area contributed by atoms with E-state index in [1.807, 2.05) is 0 Å². The van der Waals surface area contributed by atoms with Gasteiger partial charge in [0.1, 0.15) is 0 Å². The molecule has 0 aliphatic rings. The summed E-state index contributed by atoms with van der Waals surface area (Å²) in [5.41, 5.74) is 15.1. The second-order valence-electron chi connectivity index (χ2n) is 1.17. The van der Waals surface area contributed by atoms with E-state index >= 15 is 0 Å². The van der Waals surface area contributed by atoms with Crippen molar-refractivity contribution >= 4 is 5.96 Å². The first-order valence-corrected chi connectivity index (χ1v) is 2.09. The van der Waals surface area contributed by atoms with Gasteiger partial charge in [0, 0.05) is 6.54 Å². The Bertz CT molecular complexity index is 63.3. The van der Waals surface area contributed by atoms with Crippen molar-refractivity contribution in [1.82, 2.24) is 0 Å². The molecule has 0 atom stereocenters. The molecule has 4 nitrogen and oxygen atoms in total. The quantitative estimate of drug-likeness (QED) is 0.214. The van der Waals surface area contributed by atoms with Crippen molar-refractivity contribution in [1.29, 1.82) is 0 Å². The van der Waals surface area contributed by atoms with Gasteiger partial charge in [-0.2, -0.15) is 0 Å². The minimum Gasteiger partial charge on any atom is -0.328 e. The van der Waals surface area contributed by atoms with Gasteiger partial charge in [-0.3, -0.25) is 16.5 Å². The molecule has 0 spiro atoms. The van der Waals surface area contributed by atoms with E-state index in [9.17, 15) is 0 Å². The molecule has 0 aliphatic carbocycles. The lowest BCUT2D eigenvalue weighted by Gasteiger charge is -1.82. The minimum atomic E-state index is 0.227. The summed E-state index contributed by atoms with van der Waals surface area (Å²) >= 11 is 0. The molecule has 0 aromatic carbocycles. The molecule has 0 rings (SSSR count). The smallest absolute Gasteiger partial charge is 0.328 e. The molecule has 0 aromatic rings. The van der Waals surface area contributed by atoms with E-state index in [2.05, 4.69) is 4.99 Å². The van der Waals surface area contributed by atoms with E-state index in [1.54, 1.807) is 0 Å². The fraction of sp³-hybridized carbons (Fsp3) is 0.667. The van der Waals surface area contributed by atoms with Crippen molar-refractivity contribution in [2.75, 3.05) is 13.1 Å². The maximum absolute atomic E-state index is 5.09. The molecule has 0 saturated carbocycles. The van der Waals surface area contributed by atoms with Crippen LogP contribution in [0.2, 0.25) is 0 Å². The summed E-state index contributed by atoms with van der Waals surface area (Å²) in [5, 5.41) is 0. The van der Waals surface area contributed by atoms with Crippen LogP contribution in [0, 0.1) is 0 Å². The summed E-state index contributed by atoms with van der Waals surface area (Å²) in [6.07, 6.45) is 0. The lowest BCUT2D eigenvalue weighted by Crippen LogP contribution is -2.79. The van der Waals surface area contributed by atoms with E-state index in [0.717, 1.165) is 0 Å². The van der Waals surface area contributed by atoms with Crippen molar-refractivity contribution in [2.45, 2.75) is 0 Å². The standard InChI is InChI=1S/C3H10N4/c4-1-2-7-3(5)6/h1-2,4H2,(H4,5,6,7)/p+1. The van der Waals surface area contributed by atoms with Crippen LogP contribution in [0.15, 0.2) is 0 Å². The molecule has 0 aliphatic heterocycles. The van der Waals surface area contributed by atoms with Crippen LogP contribution >= 0.6 is 0 Å². The van der Waals surface area contributed by atoms with Gasteiger partial charge in [0.15, 0.2) is 0 Å². The molecule has 0 aromatic heterocycles. The average Bonchev–Trinajstić information content (AvgIpc) is 1.61. The third kappa shape index (κ3) is 5.23. The lowest BCUT2D eigenvalue weighted by molar-refractivity contribution is -0.455. The van der Waals surface area contributed by atoms with Crippen molar-refractivity contribution in [3.8, 4) is 0 Å². The van der Waals surface area contributed by atoms with Gasteiger partial charge in [0.05, 0.1) is 6.54 Å². The van der Waals surface area contributed by atoms with Crippen LogP contribution in [-0.2, 0) is 0 Å². The topological polar surface area (TPSA) is 92.0 Å². The SMILES string of the molecule is NCC[NH+]=C(N)N. The van der Waals surface area contributed by atoms with Crippen molar-refractivity contribution in [3.63, 3.8) is 0 Å². The Kier molecular flexibility index (Phi) is 3.04. The Hall–Kier alpha value is -0.770. The minimum absolute atomic E-state index is 0.227. The van der Waals surface area contributed by atoms with Crippen molar-refractivity contribution in [3.05, 3.63) is 0 Å². The van der Waals surface area contributed by atoms with Crippen LogP contribution in [0.25, 0.3) is 0 Å². The first kappa shape index (κ1) is 6.23. The molecule has 0 unspecified atom stereocenters. The van der Waals surface area contributed by atoms with Crippen LogP contribution in [0.5, 0.6) is 0 Å². The van der Waals surface area contributed by atoms with Crippen LogP contribution in [-0.4, -0.2) is 19.0 Å². The van der Waals surface area contributed by atoms with Crippen LogP contribution < -0.4 is 22.2 Å². The number of hydrogen-bond donors (Lipinski definition) is 4. The Labute approximate surface area is 42.4 Å². The second kappa shape index (κ2) is 3.42. The van der Waals surface area contributed by atoms with E-state index in [4.69, 9.17) is 17.2 Å². The lowest BCUT2D eigenvalue weighted by atomic mass is 10.7. The van der Waals surface area contributed by atoms with Crippen molar-refractivity contribution in [2.24, 2.45) is 17.2 Å². The van der Waals surface area contributed by atoms with E-state index in [1.165, 1.54) is 0 Å². The molecule has 0 bridgehead atoms. The molecule has 7 heavy (non-hydrogen) atoms. The van der Waals surface area contributed by atoms with E-state index in [0.29, 0.717) is 13.1 Å². The summed E-state index contributed by atoms with van der Waals surface area (Å²) in [6, 6.07) is 0. The molecular weight excluding hydrogens is 92.1 g/mol. The zero-order chi connectivity index (χ0) is 5.70. The van der Waals surface area contributed by atoms with Gasteiger partial charge in [-0.05, 0) is 0 Å². The summed E-state index contributed by atoms with van der Waals surface area (Å²) < 4.78 is 0. The molecule has 0 fully saturated rings. The highest BCUT2D eigenvalue weighted by Crippen LogP contribution is 1.23. The monoisotopic (exact) mass is 103 g/mol. The molecular formula is C3H11N4+. The molecule has 0 radical (unpaired) electrons. The highest BCUT2D eigenvalue weighted by molar-refractivity contribution is 5.69. The predicted molar refractivity (Wildman–Crippen MR) is 28.3 cm³/mol. The summed E-state index contributed by atoms with van der Waals surface area (Å²) in [5.74, 6) is 0.227. The van der Waals surface area contributed by atoms with Gasteiger partial charge < -0.3 is 5.73 Å². The highest BCUT2D eigenvalue weighted by Gasteiger charge is 1.80. The number of nitrogens with two attached hydrogens (primary N) is 3. The number of rotatable bonds is 2. The van der Waals surface area contributed by atoms with Gasteiger partial charge in [0.25, 0.3) is 0 Å². The first-order valence-electron chi connectivity index (χ1n) is 2.09. The van der Waals surface area contributed by atoms with Gasteiger partial charge in [-0.25, -0.2) is 0 Å². The molecule has 0 amide bonds. The van der Waals surface area contributed by atoms with Gasteiger partial charge in [-0.1, -0.05) is 0 Å². The number of nitrogens with one attached hydrogen (secondary N) is 1. The van der Waals surface area contributed by atoms with Crippen LogP contribution in [0.3, 0.4) is 0 Å². The molecule has 4 heteroatoms. The maximum Gasteiger partial charge on any atom is 0.338 e. The maximum atomic E-state index is 5.09. The van der Waals surface area contributed by atoms with E-state index < -0.39 is 0 Å². The normalized spacial score (nSPS) is 8.14. The molecule has 7 N–H and O–H groups in total. The summed E-state index contributed by atoms with van der Waals surface area (Å²) in [7, 11) is 0. The largest absolute Gasteiger partial charge is 0.338 e. The van der Waals surface area contributed by atoms with Crippen molar-refractivity contribution < 1.29 is 4.99 Å². The highest BCUT2D eigenvalue weighted by atomic mass is 15.0. The molecule has 0 heterocycles. The Morgan fingerprint density at radius 3 is 2.14 bits per heavy atom. The fourth-order valence-corrected chi connectivity index (χ4v) is 0.217. The zero-order valence-corrected chi connectivity index (χ0v) is 4.15. The Balaban J connectivity index is 3.08. The second-order valence-corrected chi connectivity index (χ2v) is 1.17. The summed E-state index contributed by atoms with van der Waals surface area (Å²) in [4.78, 5) is 2.64. The number of guanidine groups is 1. The Morgan fingerprint density at radius 2 is 2.00 bits per heavy atom. The van der Waals surface area contributed by atoms with E-state index in [-0.39, 0.29) is 5.96 Å². The summed E-state index contributed by atoms with van der Waals surface area (Å²) in [6.45, 7) is 1.19.